The number of rotatable bonds is 4. The number of aliphatic hydroxyl groups excluding tert-OH is 1. The van der Waals surface area contributed by atoms with E-state index in [1.807, 2.05) is 0 Å². The summed E-state index contributed by atoms with van der Waals surface area (Å²) in [4.78, 5) is 37.9. The van der Waals surface area contributed by atoms with Gasteiger partial charge in [0.05, 0.1) is 5.56 Å². The standard InChI is InChI=1S/C19H18N2O6/c1-3-19(11-26-17(24)13-7-5-4-6-8-13)14(22)9-15(27-19)21-10-12(2)16(23)20-18(21)25/h1,4-8,10,14-15,22H,9,11H2,2H3,(H,20,23,25)/t14-,15?,19-/m1/s1. The van der Waals surface area contributed by atoms with Crippen molar-refractivity contribution in [1.82, 2.24) is 9.55 Å². The number of aromatic nitrogens is 2. The van der Waals surface area contributed by atoms with Gasteiger partial charge in [-0.15, -0.1) is 6.42 Å². The summed E-state index contributed by atoms with van der Waals surface area (Å²) >= 11 is 0. The first-order valence-corrected chi connectivity index (χ1v) is 8.24. The van der Waals surface area contributed by atoms with Crippen LogP contribution in [-0.4, -0.2) is 38.9 Å². The number of hydrogen-bond acceptors (Lipinski definition) is 6. The summed E-state index contributed by atoms with van der Waals surface area (Å²) in [5, 5.41) is 10.4. The van der Waals surface area contributed by atoms with E-state index < -0.39 is 35.2 Å². The average molecular weight is 370 g/mol. The Balaban J connectivity index is 1.79. The molecule has 1 unspecified atom stereocenters. The van der Waals surface area contributed by atoms with Crippen molar-refractivity contribution in [3.8, 4) is 12.3 Å². The van der Waals surface area contributed by atoms with Gasteiger partial charge in [0.2, 0.25) is 0 Å². The van der Waals surface area contributed by atoms with Gasteiger partial charge in [-0.1, -0.05) is 24.1 Å². The maximum atomic E-state index is 12.1. The Labute approximate surface area is 154 Å². The molecule has 0 bridgehead atoms. The molecule has 27 heavy (non-hydrogen) atoms. The predicted octanol–water partition coefficient (Wildman–Crippen LogP) is 0.354. The largest absolute Gasteiger partial charge is 0.458 e. The highest BCUT2D eigenvalue weighted by atomic mass is 16.6. The molecule has 2 heterocycles. The zero-order valence-corrected chi connectivity index (χ0v) is 14.5. The van der Waals surface area contributed by atoms with Crippen molar-refractivity contribution in [2.24, 2.45) is 0 Å². The number of benzene rings is 1. The number of aromatic amines is 1. The van der Waals surface area contributed by atoms with E-state index in [1.54, 1.807) is 30.3 Å². The van der Waals surface area contributed by atoms with Gasteiger partial charge in [0.1, 0.15) is 18.9 Å². The molecule has 0 radical (unpaired) electrons. The van der Waals surface area contributed by atoms with E-state index >= 15 is 0 Å². The van der Waals surface area contributed by atoms with Gasteiger partial charge in [-0.05, 0) is 19.1 Å². The van der Waals surface area contributed by atoms with Crippen LogP contribution in [0.4, 0.5) is 0 Å². The second-order valence-corrected chi connectivity index (χ2v) is 6.28. The summed E-state index contributed by atoms with van der Waals surface area (Å²) in [5.74, 6) is 1.73. The number of nitrogens with zero attached hydrogens (tertiary/aromatic N) is 1. The first kappa shape index (κ1) is 18.6. The van der Waals surface area contributed by atoms with Crippen LogP contribution in [0.25, 0.3) is 0 Å². The molecule has 3 atom stereocenters. The van der Waals surface area contributed by atoms with E-state index in [9.17, 15) is 19.5 Å². The topological polar surface area (TPSA) is 111 Å². The molecule has 3 rings (SSSR count). The number of nitrogens with one attached hydrogen (secondary N) is 1. The van der Waals surface area contributed by atoms with Crippen LogP contribution in [0.5, 0.6) is 0 Å². The Bertz CT molecular complexity index is 1000. The lowest BCUT2D eigenvalue weighted by molar-refractivity contribution is -0.0952. The summed E-state index contributed by atoms with van der Waals surface area (Å²) in [6.45, 7) is 1.15. The molecule has 8 nitrogen and oxygen atoms in total. The van der Waals surface area contributed by atoms with Crippen LogP contribution in [0.2, 0.25) is 0 Å². The molecule has 1 aromatic carbocycles. The summed E-state index contributed by atoms with van der Waals surface area (Å²) in [5.41, 5.74) is -2.15. The zero-order chi connectivity index (χ0) is 19.6. The molecule has 1 aromatic heterocycles. The number of terminal acetylenes is 1. The van der Waals surface area contributed by atoms with Crippen molar-refractivity contribution in [2.45, 2.75) is 31.3 Å². The van der Waals surface area contributed by atoms with Gasteiger partial charge in [0, 0.05) is 18.2 Å². The molecule has 140 valence electrons. The van der Waals surface area contributed by atoms with Gasteiger partial charge >= 0.3 is 11.7 Å². The Hall–Kier alpha value is -3.15. The molecule has 0 saturated carbocycles. The van der Waals surface area contributed by atoms with Gasteiger partial charge in [-0.25, -0.2) is 9.59 Å². The lowest BCUT2D eigenvalue weighted by Gasteiger charge is -2.26. The smallest absolute Gasteiger partial charge is 0.338 e. The van der Waals surface area contributed by atoms with Crippen molar-refractivity contribution in [2.75, 3.05) is 6.61 Å². The van der Waals surface area contributed by atoms with E-state index in [4.69, 9.17) is 15.9 Å². The molecule has 2 aromatic rings. The number of aliphatic hydroxyl groups is 1. The summed E-state index contributed by atoms with van der Waals surface area (Å²) in [6, 6.07) is 8.31. The Morgan fingerprint density at radius 3 is 2.81 bits per heavy atom. The third-order valence-corrected chi connectivity index (χ3v) is 4.44. The third kappa shape index (κ3) is 3.56. The number of H-pyrrole nitrogens is 1. The zero-order valence-electron chi connectivity index (χ0n) is 14.5. The number of aryl methyl sites for hydroxylation is 1. The highest BCUT2D eigenvalue weighted by molar-refractivity contribution is 5.89. The predicted molar refractivity (Wildman–Crippen MR) is 95.1 cm³/mol. The third-order valence-electron chi connectivity index (χ3n) is 4.44. The lowest BCUT2D eigenvalue weighted by Crippen LogP contribution is -2.43. The second-order valence-electron chi connectivity index (χ2n) is 6.28. The van der Waals surface area contributed by atoms with Gasteiger partial charge in [-0.2, -0.15) is 0 Å². The van der Waals surface area contributed by atoms with E-state index in [-0.39, 0.29) is 13.0 Å². The van der Waals surface area contributed by atoms with Gasteiger partial charge in [0.15, 0.2) is 5.60 Å². The van der Waals surface area contributed by atoms with Crippen molar-refractivity contribution in [3.05, 3.63) is 68.5 Å². The first-order valence-electron chi connectivity index (χ1n) is 8.24. The van der Waals surface area contributed by atoms with Gasteiger partial charge in [-0.3, -0.25) is 14.3 Å². The van der Waals surface area contributed by atoms with Gasteiger partial charge in [0.25, 0.3) is 5.56 Å². The number of ether oxygens (including phenoxy) is 2. The highest BCUT2D eigenvalue weighted by Gasteiger charge is 2.49. The molecule has 1 saturated heterocycles. The Morgan fingerprint density at radius 2 is 2.15 bits per heavy atom. The van der Waals surface area contributed by atoms with Crippen LogP contribution >= 0.6 is 0 Å². The summed E-state index contributed by atoms with van der Waals surface area (Å²) in [6.07, 6.45) is 4.80. The molecule has 0 spiro atoms. The van der Waals surface area contributed by atoms with Crippen LogP contribution in [-0.2, 0) is 9.47 Å². The summed E-state index contributed by atoms with van der Waals surface area (Å²) in [7, 11) is 0. The number of carbonyl (C=O) groups is 1. The molecule has 2 N–H and O–H groups in total. The quantitative estimate of drug-likeness (QED) is 0.594. The Kier molecular flexibility index (Phi) is 4.99. The van der Waals surface area contributed by atoms with Crippen LogP contribution in [0.1, 0.15) is 28.6 Å². The fourth-order valence-electron chi connectivity index (χ4n) is 2.85. The van der Waals surface area contributed by atoms with E-state index in [0.29, 0.717) is 11.1 Å². The molecule has 1 aliphatic heterocycles. The van der Waals surface area contributed by atoms with E-state index in [2.05, 4.69) is 10.9 Å². The maximum absolute atomic E-state index is 12.1. The van der Waals surface area contributed by atoms with Crippen LogP contribution in [0.15, 0.2) is 46.1 Å². The van der Waals surface area contributed by atoms with Crippen molar-refractivity contribution in [1.29, 1.82) is 0 Å². The molecular formula is C19H18N2O6. The van der Waals surface area contributed by atoms with Gasteiger partial charge < -0.3 is 14.6 Å². The molecule has 1 aliphatic rings. The van der Waals surface area contributed by atoms with Crippen molar-refractivity contribution >= 4 is 5.97 Å². The number of hydrogen-bond donors (Lipinski definition) is 2. The van der Waals surface area contributed by atoms with Crippen LogP contribution in [0, 0.1) is 19.3 Å². The molecule has 0 aliphatic carbocycles. The molecule has 0 amide bonds. The first-order chi connectivity index (χ1) is 12.9. The SMILES string of the molecule is C#C[C@]1(COC(=O)c2ccccc2)OC(n2cc(C)c(=O)[nH]c2=O)C[C@H]1O. The van der Waals surface area contributed by atoms with Crippen LogP contribution < -0.4 is 11.2 Å². The minimum Gasteiger partial charge on any atom is -0.458 e. The fourth-order valence-corrected chi connectivity index (χ4v) is 2.85. The number of carbonyl (C=O) groups excluding carboxylic acids is 1. The fraction of sp³-hybridized carbons (Fsp3) is 0.316. The molecule has 8 heteroatoms. The average Bonchev–Trinajstić information content (AvgIpc) is 3.00. The van der Waals surface area contributed by atoms with Crippen molar-refractivity contribution in [3.63, 3.8) is 0 Å². The van der Waals surface area contributed by atoms with E-state index in [0.717, 1.165) is 4.57 Å². The number of esters is 1. The minimum absolute atomic E-state index is 0.00151. The van der Waals surface area contributed by atoms with Crippen molar-refractivity contribution < 1.29 is 19.4 Å². The monoisotopic (exact) mass is 370 g/mol. The minimum atomic E-state index is -1.60. The van der Waals surface area contributed by atoms with Crippen LogP contribution in [0.3, 0.4) is 0 Å². The second kappa shape index (κ2) is 7.23. The molecular weight excluding hydrogens is 352 g/mol. The molecule has 1 fully saturated rings. The normalized spacial score (nSPS) is 24.3. The highest BCUT2D eigenvalue weighted by Crippen LogP contribution is 2.36. The van der Waals surface area contributed by atoms with E-state index in [1.165, 1.54) is 13.1 Å². The maximum Gasteiger partial charge on any atom is 0.338 e. The lowest BCUT2D eigenvalue weighted by atomic mass is 9.99. The summed E-state index contributed by atoms with van der Waals surface area (Å²) < 4.78 is 12.1. The Morgan fingerprint density at radius 1 is 1.44 bits per heavy atom.